The minimum absolute atomic E-state index is 0.131. The summed E-state index contributed by atoms with van der Waals surface area (Å²) in [7, 11) is 1.35. The highest BCUT2D eigenvalue weighted by atomic mass is 32.1. The summed E-state index contributed by atoms with van der Waals surface area (Å²) in [5, 5.41) is 14.7. The van der Waals surface area contributed by atoms with Gasteiger partial charge < -0.3 is 10.1 Å². The Morgan fingerprint density at radius 1 is 1.32 bits per heavy atom. The van der Waals surface area contributed by atoms with Gasteiger partial charge in [-0.1, -0.05) is 11.3 Å². The van der Waals surface area contributed by atoms with E-state index in [4.69, 9.17) is 5.26 Å². The molecule has 2 heterocycles. The third-order valence-electron chi connectivity index (χ3n) is 3.32. The minimum Gasteiger partial charge on any atom is -0.469 e. The van der Waals surface area contributed by atoms with Gasteiger partial charge in [-0.25, -0.2) is 9.97 Å². The average molecular weight is 378 g/mol. The molecule has 25 heavy (non-hydrogen) atoms. The largest absolute Gasteiger partial charge is 0.469 e. The maximum absolute atomic E-state index is 12.0. The van der Waals surface area contributed by atoms with E-state index in [0.717, 1.165) is 21.3 Å². The molecule has 0 fully saturated rings. The highest BCUT2D eigenvalue weighted by Crippen LogP contribution is 2.33. The Labute approximate surface area is 153 Å². The van der Waals surface area contributed by atoms with Crippen molar-refractivity contribution in [3.8, 4) is 16.6 Å². The molecule has 0 bridgehead atoms. The van der Waals surface area contributed by atoms with E-state index in [1.54, 1.807) is 0 Å². The SMILES string of the molecule is COC(=O)CCCCC(=O)Nc1nc(C)c(-c2csc(CC#N)n2)s1. The third kappa shape index (κ3) is 5.62. The van der Waals surface area contributed by atoms with Gasteiger partial charge in [0.25, 0.3) is 0 Å². The van der Waals surface area contributed by atoms with E-state index in [1.165, 1.54) is 29.8 Å². The number of carbonyl (C=O) groups is 2. The molecule has 0 atom stereocenters. The van der Waals surface area contributed by atoms with Crippen molar-refractivity contribution in [1.29, 1.82) is 5.26 Å². The molecular weight excluding hydrogens is 360 g/mol. The van der Waals surface area contributed by atoms with E-state index in [1.807, 2.05) is 12.3 Å². The van der Waals surface area contributed by atoms with Crippen LogP contribution in [-0.4, -0.2) is 29.0 Å². The van der Waals surface area contributed by atoms with Crippen molar-refractivity contribution in [2.24, 2.45) is 0 Å². The van der Waals surface area contributed by atoms with Crippen LogP contribution in [0.25, 0.3) is 10.6 Å². The number of hydrogen-bond acceptors (Lipinski definition) is 8. The molecule has 0 unspecified atom stereocenters. The number of methoxy groups -OCH3 is 1. The number of esters is 1. The Bertz CT molecular complexity index is 792. The van der Waals surface area contributed by atoms with Crippen LogP contribution in [0.1, 0.15) is 36.4 Å². The molecule has 2 aromatic rings. The first kappa shape index (κ1) is 19.0. The van der Waals surface area contributed by atoms with E-state index in [-0.39, 0.29) is 18.3 Å². The molecule has 9 heteroatoms. The summed E-state index contributed by atoms with van der Waals surface area (Å²) in [5.74, 6) is -0.395. The van der Waals surface area contributed by atoms with Gasteiger partial charge in [-0.15, -0.1) is 11.3 Å². The predicted molar refractivity (Wildman–Crippen MR) is 96.4 cm³/mol. The lowest BCUT2D eigenvalue weighted by atomic mass is 10.2. The Balaban J connectivity index is 1.90. The molecule has 7 nitrogen and oxygen atoms in total. The molecule has 0 radical (unpaired) electrons. The topological polar surface area (TPSA) is 105 Å². The maximum Gasteiger partial charge on any atom is 0.305 e. The number of anilines is 1. The lowest BCUT2D eigenvalue weighted by molar-refractivity contribution is -0.140. The summed E-state index contributed by atoms with van der Waals surface area (Å²) in [6.45, 7) is 1.86. The molecular formula is C16H18N4O3S2. The van der Waals surface area contributed by atoms with Crippen molar-refractivity contribution in [2.75, 3.05) is 12.4 Å². The first-order valence-corrected chi connectivity index (χ1v) is 9.39. The summed E-state index contributed by atoms with van der Waals surface area (Å²) >= 11 is 2.80. The quantitative estimate of drug-likeness (QED) is 0.558. The van der Waals surface area contributed by atoms with Gasteiger partial charge in [0.15, 0.2) is 5.13 Å². The van der Waals surface area contributed by atoms with Crippen molar-refractivity contribution in [1.82, 2.24) is 9.97 Å². The van der Waals surface area contributed by atoms with Gasteiger partial charge in [0.05, 0.1) is 35.9 Å². The third-order valence-corrected chi connectivity index (χ3v) is 5.26. The number of hydrogen-bond donors (Lipinski definition) is 1. The molecule has 132 valence electrons. The normalized spacial score (nSPS) is 10.3. The summed E-state index contributed by atoms with van der Waals surface area (Å²) in [4.78, 5) is 32.6. The van der Waals surface area contributed by atoms with Crippen LogP contribution >= 0.6 is 22.7 Å². The van der Waals surface area contributed by atoms with Crippen LogP contribution in [0.3, 0.4) is 0 Å². The number of aryl methyl sites for hydroxylation is 1. The average Bonchev–Trinajstić information content (AvgIpc) is 3.18. The van der Waals surface area contributed by atoms with E-state index in [0.29, 0.717) is 30.8 Å². The minimum atomic E-state index is -0.264. The number of carbonyl (C=O) groups excluding carboxylic acids is 2. The molecule has 0 aliphatic carbocycles. The zero-order chi connectivity index (χ0) is 18.2. The van der Waals surface area contributed by atoms with Crippen LogP contribution < -0.4 is 5.32 Å². The Hall–Kier alpha value is -2.31. The number of nitrogens with one attached hydrogen (secondary N) is 1. The predicted octanol–water partition coefficient (Wildman–Crippen LogP) is 3.31. The van der Waals surface area contributed by atoms with Crippen molar-refractivity contribution in [3.05, 3.63) is 16.1 Å². The fraction of sp³-hybridized carbons (Fsp3) is 0.438. The van der Waals surface area contributed by atoms with Gasteiger partial charge in [0.2, 0.25) is 5.91 Å². The van der Waals surface area contributed by atoms with Crippen LogP contribution in [0.5, 0.6) is 0 Å². The molecule has 0 aliphatic heterocycles. The number of amides is 1. The Kier molecular flexibility index (Phi) is 7.03. The van der Waals surface area contributed by atoms with Gasteiger partial charge in [-0.3, -0.25) is 9.59 Å². The molecule has 1 N–H and O–H groups in total. The van der Waals surface area contributed by atoms with Crippen LogP contribution in [0, 0.1) is 18.3 Å². The fourth-order valence-electron chi connectivity index (χ4n) is 2.09. The monoisotopic (exact) mass is 378 g/mol. The lowest BCUT2D eigenvalue weighted by Crippen LogP contribution is -2.11. The summed E-state index contributed by atoms with van der Waals surface area (Å²) in [5.41, 5.74) is 1.57. The highest BCUT2D eigenvalue weighted by molar-refractivity contribution is 7.19. The molecule has 1 amide bonds. The van der Waals surface area contributed by atoms with Gasteiger partial charge in [-0.2, -0.15) is 5.26 Å². The Morgan fingerprint density at radius 3 is 2.80 bits per heavy atom. The number of rotatable bonds is 8. The number of nitriles is 1. The van der Waals surface area contributed by atoms with Crippen LogP contribution in [0.15, 0.2) is 5.38 Å². The van der Waals surface area contributed by atoms with E-state index in [9.17, 15) is 9.59 Å². The van der Waals surface area contributed by atoms with Crippen molar-refractivity contribution < 1.29 is 14.3 Å². The van der Waals surface area contributed by atoms with E-state index >= 15 is 0 Å². The number of thiazole rings is 2. The summed E-state index contributed by atoms with van der Waals surface area (Å²) in [6.07, 6.45) is 2.16. The van der Waals surface area contributed by atoms with Crippen LogP contribution in [0.2, 0.25) is 0 Å². The number of nitrogens with zero attached hydrogens (tertiary/aromatic N) is 3. The second-order valence-electron chi connectivity index (χ2n) is 5.23. The zero-order valence-corrected chi connectivity index (χ0v) is 15.6. The number of aromatic nitrogens is 2. The summed E-state index contributed by atoms with van der Waals surface area (Å²) in [6, 6.07) is 2.08. The van der Waals surface area contributed by atoms with Crippen molar-refractivity contribution >= 4 is 39.7 Å². The van der Waals surface area contributed by atoms with E-state index in [2.05, 4.69) is 26.1 Å². The van der Waals surface area contributed by atoms with Crippen molar-refractivity contribution in [3.63, 3.8) is 0 Å². The van der Waals surface area contributed by atoms with Crippen molar-refractivity contribution in [2.45, 2.75) is 39.0 Å². The molecule has 0 saturated heterocycles. The van der Waals surface area contributed by atoms with E-state index < -0.39 is 0 Å². The molecule has 2 aromatic heterocycles. The summed E-state index contributed by atoms with van der Waals surface area (Å²) < 4.78 is 4.56. The first-order chi connectivity index (χ1) is 12.0. The smallest absolute Gasteiger partial charge is 0.305 e. The molecule has 0 spiro atoms. The zero-order valence-electron chi connectivity index (χ0n) is 14.0. The van der Waals surface area contributed by atoms with Crippen LogP contribution in [-0.2, 0) is 20.7 Å². The first-order valence-electron chi connectivity index (χ1n) is 7.69. The Morgan fingerprint density at radius 2 is 2.08 bits per heavy atom. The highest BCUT2D eigenvalue weighted by Gasteiger charge is 2.14. The number of ether oxygens (including phenoxy) is 1. The molecule has 0 aromatic carbocycles. The van der Waals surface area contributed by atoms with Gasteiger partial charge in [0.1, 0.15) is 5.01 Å². The molecule has 0 aliphatic rings. The second-order valence-corrected chi connectivity index (χ2v) is 7.17. The molecule has 0 saturated carbocycles. The fourth-order valence-corrected chi connectivity index (χ4v) is 3.83. The molecule has 2 rings (SSSR count). The van der Waals surface area contributed by atoms with Gasteiger partial charge in [-0.05, 0) is 19.8 Å². The standard InChI is InChI=1S/C16H18N4O3S2/c1-10-15(11-9-24-13(19-11)7-8-17)25-16(18-10)20-12(21)5-3-4-6-14(22)23-2/h9H,3-7H2,1-2H3,(H,18,20,21). The van der Waals surface area contributed by atoms with Gasteiger partial charge >= 0.3 is 5.97 Å². The van der Waals surface area contributed by atoms with Crippen LogP contribution in [0.4, 0.5) is 5.13 Å². The number of unbranched alkanes of at least 4 members (excludes halogenated alkanes) is 1. The maximum atomic E-state index is 12.0. The van der Waals surface area contributed by atoms with Gasteiger partial charge in [0, 0.05) is 18.2 Å². The lowest BCUT2D eigenvalue weighted by Gasteiger charge is -2.01. The second kappa shape index (κ2) is 9.25.